The first-order chi connectivity index (χ1) is 4.66. The summed E-state index contributed by atoms with van der Waals surface area (Å²) >= 11 is 0. The van der Waals surface area contributed by atoms with Crippen molar-refractivity contribution in [2.75, 3.05) is 7.11 Å². The topological polar surface area (TPSA) is 29.5 Å². The van der Waals surface area contributed by atoms with Crippen LogP contribution >= 0.6 is 0 Å². The highest BCUT2D eigenvalue weighted by Crippen LogP contribution is 1.95. The molecule has 0 amide bonds. The van der Waals surface area contributed by atoms with Gasteiger partial charge in [0.2, 0.25) is 0 Å². The van der Waals surface area contributed by atoms with Crippen LogP contribution in [0.1, 0.15) is 20.8 Å². The second-order valence-electron chi connectivity index (χ2n) is 1.45. The molecule has 10 heavy (non-hydrogen) atoms. The van der Waals surface area contributed by atoms with Gasteiger partial charge in [-0.1, -0.05) is 20.4 Å². The molecule has 0 radical (unpaired) electrons. The number of aliphatic hydroxyl groups excluding tert-OH is 1. The zero-order valence-corrected chi connectivity index (χ0v) is 7.14. The molecule has 0 aliphatic rings. The predicted octanol–water partition coefficient (Wildman–Crippen LogP) is 2.63. The summed E-state index contributed by atoms with van der Waals surface area (Å²) in [5.41, 5.74) is 0. The summed E-state index contributed by atoms with van der Waals surface area (Å²) in [4.78, 5) is 0. The maximum Gasteiger partial charge on any atom is 0.111 e. The van der Waals surface area contributed by atoms with Crippen molar-refractivity contribution in [1.82, 2.24) is 0 Å². The molecule has 0 aromatic carbocycles. The van der Waals surface area contributed by atoms with Crippen molar-refractivity contribution in [3.05, 3.63) is 24.2 Å². The van der Waals surface area contributed by atoms with Gasteiger partial charge in [-0.3, -0.25) is 0 Å². The van der Waals surface area contributed by atoms with E-state index in [-0.39, 0.29) is 5.76 Å². The van der Waals surface area contributed by atoms with Gasteiger partial charge in [0.05, 0.1) is 12.9 Å². The van der Waals surface area contributed by atoms with Gasteiger partial charge in [-0.05, 0) is 6.92 Å². The monoisotopic (exact) mass is 144 g/mol. The molecule has 0 aromatic heterocycles. The van der Waals surface area contributed by atoms with E-state index in [0.717, 1.165) is 0 Å². The van der Waals surface area contributed by atoms with Crippen molar-refractivity contribution in [2.45, 2.75) is 20.8 Å². The summed E-state index contributed by atoms with van der Waals surface area (Å²) in [6.07, 6.45) is 1.44. The Morgan fingerprint density at radius 3 is 2.00 bits per heavy atom. The molecule has 0 atom stereocenters. The zero-order valence-electron chi connectivity index (χ0n) is 7.14. The van der Waals surface area contributed by atoms with Crippen LogP contribution < -0.4 is 0 Å². The molecule has 0 aromatic rings. The van der Waals surface area contributed by atoms with Crippen molar-refractivity contribution in [3.8, 4) is 0 Å². The number of allylic oxidation sites excluding steroid dienone is 2. The van der Waals surface area contributed by atoms with Crippen molar-refractivity contribution in [1.29, 1.82) is 0 Å². The lowest BCUT2D eigenvalue weighted by Crippen LogP contribution is -1.79. The van der Waals surface area contributed by atoms with Crippen LogP contribution in [0.3, 0.4) is 0 Å². The SMILES string of the molecule is C=C(O)/C=C(/C)OC.CC. The largest absolute Gasteiger partial charge is 0.508 e. The lowest BCUT2D eigenvalue weighted by molar-refractivity contribution is 0.290. The molecule has 0 aliphatic heterocycles. The Labute approximate surface area is 62.8 Å². The molecule has 60 valence electrons. The van der Waals surface area contributed by atoms with Crippen molar-refractivity contribution < 1.29 is 9.84 Å². The van der Waals surface area contributed by atoms with E-state index in [2.05, 4.69) is 6.58 Å². The third-order valence-electron chi connectivity index (χ3n) is 0.692. The van der Waals surface area contributed by atoms with Gasteiger partial charge in [0.25, 0.3) is 0 Å². The third-order valence-corrected chi connectivity index (χ3v) is 0.692. The molecule has 0 unspecified atom stereocenters. The van der Waals surface area contributed by atoms with E-state index in [0.29, 0.717) is 5.76 Å². The summed E-state index contributed by atoms with van der Waals surface area (Å²) in [6.45, 7) is 8.98. The van der Waals surface area contributed by atoms with E-state index in [1.54, 1.807) is 6.92 Å². The van der Waals surface area contributed by atoms with Gasteiger partial charge in [0.1, 0.15) is 5.76 Å². The minimum Gasteiger partial charge on any atom is -0.508 e. The average Bonchev–Trinajstić information content (AvgIpc) is 1.91. The molecule has 0 bridgehead atoms. The minimum atomic E-state index is 0.0179. The fourth-order valence-corrected chi connectivity index (χ4v) is 0.294. The van der Waals surface area contributed by atoms with Gasteiger partial charge < -0.3 is 9.84 Å². The predicted molar refractivity (Wildman–Crippen MR) is 43.9 cm³/mol. The summed E-state index contributed by atoms with van der Waals surface area (Å²) in [6, 6.07) is 0. The number of rotatable bonds is 2. The number of ether oxygens (including phenoxy) is 1. The number of hydrogen-bond acceptors (Lipinski definition) is 2. The Morgan fingerprint density at radius 2 is 1.90 bits per heavy atom. The fourth-order valence-electron chi connectivity index (χ4n) is 0.294. The molecule has 0 saturated heterocycles. The van der Waals surface area contributed by atoms with E-state index in [4.69, 9.17) is 9.84 Å². The zero-order chi connectivity index (χ0) is 8.57. The smallest absolute Gasteiger partial charge is 0.111 e. The fraction of sp³-hybridized carbons (Fsp3) is 0.500. The summed E-state index contributed by atoms with van der Waals surface area (Å²) < 4.78 is 4.70. The molecule has 0 spiro atoms. The molecule has 2 nitrogen and oxygen atoms in total. The van der Waals surface area contributed by atoms with Gasteiger partial charge in [0, 0.05) is 6.08 Å². The normalized spacial score (nSPS) is 9.40. The Balaban J connectivity index is 0. The molecule has 1 N–H and O–H groups in total. The Kier molecular flexibility index (Phi) is 9.56. The third kappa shape index (κ3) is 10.1. The molecule has 0 saturated carbocycles. The number of methoxy groups -OCH3 is 1. The minimum absolute atomic E-state index is 0.0179. The Hall–Kier alpha value is -0.920. The highest BCUT2D eigenvalue weighted by Gasteiger charge is 1.83. The molecular weight excluding hydrogens is 128 g/mol. The first-order valence-corrected chi connectivity index (χ1v) is 3.27. The summed E-state index contributed by atoms with van der Waals surface area (Å²) in [5, 5.41) is 8.50. The molecule has 0 heterocycles. The van der Waals surface area contributed by atoms with Crippen LogP contribution in [0.4, 0.5) is 0 Å². The van der Waals surface area contributed by atoms with Crippen LogP contribution in [0.25, 0.3) is 0 Å². The Morgan fingerprint density at radius 1 is 1.50 bits per heavy atom. The van der Waals surface area contributed by atoms with E-state index >= 15 is 0 Å². The van der Waals surface area contributed by atoms with Gasteiger partial charge in [-0.2, -0.15) is 0 Å². The molecule has 0 rings (SSSR count). The van der Waals surface area contributed by atoms with E-state index in [1.807, 2.05) is 13.8 Å². The van der Waals surface area contributed by atoms with Crippen molar-refractivity contribution in [2.24, 2.45) is 0 Å². The number of aliphatic hydroxyl groups is 1. The van der Waals surface area contributed by atoms with Crippen LogP contribution in [0.2, 0.25) is 0 Å². The standard InChI is InChI=1S/C6H10O2.C2H6/c1-5(7)4-6(2)8-3;1-2/h4,7H,1H2,2-3H3;1-2H3/b6-4-;. The second kappa shape index (κ2) is 8.08. The van der Waals surface area contributed by atoms with Crippen molar-refractivity contribution >= 4 is 0 Å². The van der Waals surface area contributed by atoms with Crippen LogP contribution in [0.15, 0.2) is 24.2 Å². The summed E-state index contributed by atoms with van der Waals surface area (Å²) in [5.74, 6) is 0.668. The van der Waals surface area contributed by atoms with Crippen LogP contribution in [-0.4, -0.2) is 12.2 Å². The highest BCUT2D eigenvalue weighted by molar-refractivity contribution is 5.07. The average molecular weight is 144 g/mol. The van der Waals surface area contributed by atoms with Gasteiger partial charge in [0.15, 0.2) is 0 Å². The number of hydrogen-bond donors (Lipinski definition) is 1. The molecule has 2 heteroatoms. The lowest BCUT2D eigenvalue weighted by Gasteiger charge is -1.95. The van der Waals surface area contributed by atoms with Crippen LogP contribution in [0.5, 0.6) is 0 Å². The van der Waals surface area contributed by atoms with E-state index < -0.39 is 0 Å². The molecule has 0 fully saturated rings. The van der Waals surface area contributed by atoms with Crippen LogP contribution in [-0.2, 0) is 4.74 Å². The van der Waals surface area contributed by atoms with Gasteiger partial charge in [-0.25, -0.2) is 0 Å². The highest BCUT2D eigenvalue weighted by atomic mass is 16.5. The van der Waals surface area contributed by atoms with Gasteiger partial charge >= 0.3 is 0 Å². The maximum absolute atomic E-state index is 8.50. The van der Waals surface area contributed by atoms with E-state index in [9.17, 15) is 0 Å². The van der Waals surface area contributed by atoms with E-state index in [1.165, 1.54) is 13.2 Å². The maximum atomic E-state index is 8.50. The molecule has 0 aliphatic carbocycles. The quantitative estimate of drug-likeness (QED) is 0.477. The first-order valence-electron chi connectivity index (χ1n) is 3.27. The second-order valence-corrected chi connectivity index (χ2v) is 1.45. The Bertz CT molecular complexity index is 114. The van der Waals surface area contributed by atoms with Gasteiger partial charge in [-0.15, -0.1) is 0 Å². The summed E-state index contributed by atoms with van der Waals surface area (Å²) in [7, 11) is 1.54. The van der Waals surface area contributed by atoms with Crippen molar-refractivity contribution in [3.63, 3.8) is 0 Å². The van der Waals surface area contributed by atoms with Crippen LogP contribution in [0, 0.1) is 0 Å². The molecular formula is C8H16O2. The first kappa shape index (κ1) is 11.8. The lowest BCUT2D eigenvalue weighted by atomic mass is 10.4.